The lowest BCUT2D eigenvalue weighted by Crippen LogP contribution is -2.40. The number of nitrogens with one attached hydrogen (secondary N) is 3. The lowest BCUT2D eigenvalue weighted by molar-refractivity contribution is -0.137. The number of rotatable bonds is 11. The predicted molar refractivity (Wildman–Crippen MR) is 121 cm³/mol. The number of anilines is 1. The number of H-pyrrole nitrogens is 1. The number of aliphatic carboxylic acids is 1. The summed E-state index contributed by atoms with van der Waals surface area (Å²) in [5.74, 6) is -1.13. The van der Waals surface area contributed by atoms with Gasteiger partial charge in [0.1, 0.15) is 29.5 Å². The summed E-state index contributed by atoms with van der Waals surface area (Å²) < 4.78 is 7.23. The van der Waals surface area contributed by atoms with Crippen molar-refractivity contribution >= 4 is 41.2 Å². The molecule has 15 heteroatoms. The number of carbonyl (C=O) groups excluding carboxylic acids is 1. The van der Waals surface area contributed by atoms with Crippen molar-refractivity contribution < 1.29 is 34.8 Å². The number of hydrogen-bond donors (Lipinski definition) is 8. The highest BCUT2D eigenvalue weighted by Crippen LogP contribution is 2.31. The summed E-state index contributed by atoms with van der Waals surface area (Å²) in [4.78, 5) is 33.8. The second-order valence-corrected chi connectivity index (χ2v) is 7.99. The number of aromatic nitrogens is 4. The van der Waals surface area contributed by atoms with Crippen LogP contribution in [0.3, 0.4) is 0 Å². The molecular weight excluding hydrogens is 470 g/mol. The van der Waals surface area contributed by atoms with Crippen molar-refractivity contribution in [1.82, 2.24) is 24.8 Å². The molecule has 9 N–H and O–H groups in total. The molecule has 14 nitrogen and oxygen atoms in total. The Balaban J connectivity index is 1.58. The molecule has 0 spiro atoms. The molecule has 1 amide bonds. The number of carbonyl (C=O) groups is 2. The molecule has 2 unspecified atom stereocenters. The molecule has 186 valence electrons. The van der Waals surface area contributed by atoms with Gasteiger partial charge in [-0.3, -0.25) is 14.2 Å². The molecule has 3 heterocycles. The summed E-state index contributed by atoms with van der Waals surface area (Å²) in [6.07, 6.45) is 0.233. The largest absolute Gasteiger partial charge is 0.481 e. The van der Waals surface area contributed by atoms with Crippen molar-refractivity contribution in [3.05, 3.63) is 23.1 Å². The summed E-state index contributed by atoms with van der Waals surface area (Å²) in [5.41, 5.74) is 6.41. The fourth-order valence-corrected chi connectivity index (χ4v) is 3.59. The van der Waals surface area contributed by atoms with E-state index in [0.29, 0.717) is 23.7 Å². The van der Waals surface area contributed by atoms with Crippen LogP contribution in [-0.2, 0) is 14.3 Å². The van der Waals surface area contributed by atoms with Crippen molar-refractivity contribution in [2.75, 3.05) is 25.0 Å². The van der Waals surface area contributed by atoms with Crippen molar-refractivity contribution in [3.63, 3.8) is 0 Å². The highest BCUT2D eigenvalue weighted by molar-refractivity contribution is 7.71. The van der Waals surface area contributed by atoms with E-state index in [1.807, 2.05) is 0 Å². The Labute approximate surface area is 198 Å². The maximum absolute atomic E-state index is 11.8. The first-order valence-electron chi connectivity index (χ1n) is 10.5. The van der Waals surface area contributed by atoms with Gasteiger partial charge >= 0.3 is 5.97 Å². The van der Waals surface area contributed by atoms with E-state index in [-0.39, 0.29) is 24.0 Å². The summed E-state index contributed by atoms with van der Waals surface area (Å²) in [5, 5.41) is 43.9. The van der Waals surface area contributed by atoms with Crippen LogP contribution in [0.5, 0.6) is 0 Å². The average Bonchev–Trinajstić information content (AvgIpc) is 3.35. The fraction of sp³-hybridized carbons (Fsp3) is 0.526. The molecule has 2 aromatic rings. The molecule has 0 aliphatic carbocycles. The predicted octanol–water partition coefficient (Wildman–Crippen LogP) is -1.62. The quantitative estimate of drug-likeness (QED) is 0.130. The lowest BCUT2D eigenvalue weighted by atomic mass is 10.1. The number of hydrogen-bond acceptors (Lipinski definition) is 11. The maximum Gasteiger partial charge on any atom is 0.303 e. The summed E-state index contributed by atoms with van der Waals surface area (Å²) in [6.45, 7) is 0.0846. The minimum absolute atomic E-state index is 0.0545. The molecule has 0 radical (unpaired) electrons. The zero-order valence-corrected chi connectivity index (χ0v) is 18.8. The first-order valence-corrected chi connectivity index (χ1v) is 10.9. The van der Waals surface area contributed by atoms with Gasteiger partial charge in [-0.1, -0.05) is 24.4 Å². The van der Waals surface area contributed by atoms with Crippen LogP contribution in [0.4, 0.5) is 5.95 Å². The monoisotopic (exact) mass is 497 g/mol. The number of amides is 1. The van der Waals surface area contributed by atoms with Gasteiger partial charge < -0.3 is 46.5 Å². The Hall–Kier alpha value is -2.95. The van der Waals surface area contributed by atoms with Gasteiger partial charge in [0.25, 0.3) is 0 Å². The Morgan fingerprint density at radius 1 is 1.32 bits per heavy atom. The van der Waals surface area contributed by atoms with Crippen LogP contribution in [0.15, 0.2) is 18.5 Å². The third-order valence-corrected chi connectivity index (χ3v) is 5.48. The van der Waals surface area contributed by atoms with Gasteiger partial charge in [0.15, 0.2) is 10.9 Å². The van der Waals surface area contributed by atoms with Crippen molar-refractivity contribution in [2.45, 2.75) is 43.4 Å². The van der Waals surface area contributed by atoms with Crippen LogP contribution < -0.4 is 16.4 Å². The summed E-state index contributed by atoms with van der Waals surface area (Å²) in [6, 6.07) is -0.889. The number of ether oxygens (including phenoxy) is 1. The van der Waals surface area contributed by atoms with Crippen LogP contribution in [0, 0.1) is 4.64 Å². The average molecular weight is 498 g/mol. The van der Waals surface area contributed by atoms with Crippen LogP contribution in [-0.4, -0.2) is 95.9 Å². The molecule has 3 rings (SSSR count). The van der Waals surface area contributed by atoms with Crippen LogP contribution in [0.1, 0.15) is 19.1 Å². The van der Waals surface area contributed by atoms with Crippen LogP contribution in [0.2, 0.25) is 0 Å². The zero-order chi connectivity index (χ0) is 24.8. The minimum Gasteiger partial charge on any atom is -0.481 e. The molecule has 0 aromatic carbocycles. The first kappa shape index (κ1) is 25.7. The number of imidazole rings is 1. The van der Waals surface area contributed by atoms with Gasteiger partial charge in [-0.25, -0.2) is 9.97 Å². The van der Waals surface area contributed by atoms with Gasteiger partial charge in [-0.2, -0.15) is 0 Å². The van der Waals surface area contributed by atoms with E-state index in [4.69, 9.17) is 27.8 Å². The number of fused-ring (bicyclic) bond motifs is 1. The Morgan fingerprint density at radius 3 is 2.74 bits per heavy atom. The van der Waals surface area contributed by atoms with Crippen molar-refractivity contribution in [2.24, 2.45) is 5.73 Å². The second-order valence-electron chi connectivity index (χ2n) is 7.60. The highest BCUT2D eigenvalue weighted by Gasteiger charge is 2.43. The Kier molecular flexibility index (Phi) is 8.65. The number of aromatic amines is 1. The standard InChI is InChI=1S/C19H27N7O7S/c20-9(3-4-11(28)29)16(32)21-5-1-2-6-22-19-24-15-12(17(34)25-19)23-8-26(15)18-14(31)13(30)10(7-27)33-18/h1-2,8-10,13-14,18,27,30-31H,3-7,20H2,(H,21,32)(H,28,29)(H2,22,24,25,34)/b2-1+/t9?,10-,13+,14?,18-/m1/s1. The fourth-order valence-electron chi connectivity index (χ4n) is 3.35. The Morgan fingerprint density at radius 2 is 2.06 bits per heavy atom. The highest BCUT2D eigenvalue weighted by atomic mass is 32.1. The number of nitrogens with zero attached hydrogens (tertiary/aromatic N) is 3. The van der Waals surface area contributed by atoms with Gasteiger partial charge in [-0.05, 0) is 6.42 Å². The normalized spacial score (nSPS) is 23.4. The SMILES string of the molecule is NC(CCC(=O)O)C(=O)NC/C=C/CNc1nc(=S)c2ncn([C@@H]3O[C@H](CO)[C@H](O)C3O)c2[nH]1. The third-order valence-electron chi connectivity index (χ3n) is 5.19. The molecule has 1 aliphatic heterocycles. The molecule has 1 fully saturated rings. The lowest BCUT2D eigenvalue weighted by Gasteiger charge is -2.17. The van der Waals surface area contributed by atoms with Crippen LogP contribution >= 0.6 is 12.2 Å². The van der Waals surface area contributed by atoms with Gasteiger partial charge in [0.2, 0.25) is 11.9 Å². The Bertz CT molecular complexity index is 1100. The van der Waals surface area contributed by atoms with E-state index < -0.39 is 49.1 Å². The van der Waals surface area contributed by atoms with E-state index in [0.717, 1.165) is 0 Å². The van der Waals surface area contributed by atoms with Gasteiger partial charge in [-0.15, -0.1) is 0 Å². The van der Waals surface area contributed by atoms with E-state index >= 15 is 0 Å². The number of aliphatic hydroxyl groups excluding tert-OH is 3. The molecule has 1 aliphatic rings. The van der Waals surface area contributed by atoms with Gasteiger partial charge in [0.05, 0.1) is 19.0 Å². The molecule has 5 atom stereocenters. The van der Waals surface area contributed by atoms with Crippen LogP contribution in [0.25, 0.3) is 11.2 Å². The van der Waals surface area contributed by atoms with E-state index in [2.05, 4.69) is 25.6 Å². The minimum atomic E-state index is -1.28. The van der Waals surface area contributed by atoms with E-state index in [1.54, 1.807) is 12.2 Å². The topological polar surface area (TPSA) is 221 Å². The third kappa shape index (κ3) is 5.94. The van der Waals surface area contributed by atoms with E-state index in [9.17, 15) is 24.9 Å². The molecule has 0 bridgehead atoms. The zero-order valence-electron chi connectivity index (χ0n) is 18.0. The molecule has 1 saturated heterocycles. The second kappa shape index (κ2) is 11.5. The number of carboxylic acid groups (broad SMARTS) is 1. The van der Waals surface area contributed by atoms with Crippen molar-refractivity contribution in [1.29, 1.82) is 0 Å². The molecule has 0 saturated carbocycles. The number of carboxylic acids is 1. The number of nitrogens with two attached hydrogens (primary N) is 1. The first-order chi connectivity index (χ1) is 16.2. The number of aliphatic hydroxyl groups is 3. The molecule has 34 heavy (non-hydrogen) atoms. The smallest absolute Gasteiger partial charge is 0.303 e. The summed E-state index contributed by atoms with van der Waals surface area (Å²) >= 11 is 5.29. The van der Waals surface area contributed by atoms with Gasteiger partial charge in [0, 0.05) is 19.5 Å². The van der Waals surface area contributed by atoms with Crippen molar-refractivity contribution in [3.8, 4) is 0 Å². The molecule has 2 aromatic heterocycles. The maximum atomic E-state index is 11.8. The van der Waals surface area contributed by atoms with E-state index in [1.165, 1.54) is 10.9 Å². The molecular formula is C19H27N7O7S. The summed E-state index contributed by atoms with van der Waals surface area (Å²) in [7, 11) is 0.